The fraction of sp³-hybridized carbons (Fsp3) is 0.133. The molecule has 3 nitrogen and oxygen atoms in total. The number of thioether (sulfide) groups is 1. The predicted octanol–water partition coefficient (Wildman–Crippen LogP) is 3.33. The summed E-state index contributed by atoms with van der Waals surface area (Å²) >= 11 is 1.40. The molecule has 108 valence electrons. The topological polar surface area (TPSA) is 46.3 Å². The van der Waals surface area contributed by atoms with Crippen LogP contribution in [0.25, 0.3) is 0 Å². The fourth-order valence-corrected chi connectivity index (χ4v) is 3.44. The number of carbonyl (C=O) groups excluding carboxylic acids is 1. The molecular formula is C15H12F2N2OS. The molecule has 3 rings (SSSR count). The van der Waals surface area contributed by atoms with E-state index in [1.54, 1.807) is 24.3 Å². The summed E-state index contributed by atoms with van der Waals surface area (Å²) in [5.74, 6) is -1.36. The smallest absolute Gasteiger partial charge is 0.238 e. The molecule has 0 radical (unpaired) electrons. The van der Waals surface area contributed by atoms with Gasteiger partial charge in [0.1, 0.15) is 17.0 Å². The quantitative estimate of drug-likeness (QED) is 0.866. The van der Waals surface area contributed by atoms with Crippen LogP contribution in [0.5, 0.6) is 0 Å². The number of nitrogen functional groups attached to an aromatic ring is 1. The van der Waals surface area contributed by atoms with Crippen LogP contribution in [0.4, 0.5) is 20.2 Å². The summed E-state index contributed by atoms with van der Waals surface area (Å²) in [6, 6.07) is 10.3. The van der Waals surface area contributed by atoms with Crippen molar-refractivity contribution >= 4 is 29.0 Å². The summed E-state index contributed by atoms with van der Waals surface area (Å²) in [6.45, 7) is 0. The maximum absolute atomic E-state index is 14.0. The van der Waals surface area contributed by atoms with Crippen molar-refractivity contribution in [3.8, 4) is 0 Å². The first-order valence-electron chi connectivity index (χ1n) is 6.30. The average Bonchev–Trinajstić information content (AvgIpc) is 2.82. The van der Waals surface area contributed by atoms with Crippen LogP contribution >= 0.6 is 11.8 Å². The first-order chi connectivity index (χ1) is 10.1. The Morgan fingerprint density at radius 1 is 1.14 bits per heavy atom. The van der Waals surface area contributed by atoms with Gasteiger partial charge in [-0.05, 0) is 29.8 Å². The number of anilines is 2. The molecule has 2 N–H and O–H groups in total. The van der Waals surface area contributed by atoms with Gasteiger partial charge in [-0.15, -0.1) is 11.8 Å². The van der Waals surface area contributed by atoms with Gasteiger partial charge < -0.3 is 5.73 Å². The van der Waals surface area contributed by atoms with E-state index in [0.717, 1.165) is 17.7 Å². The van der Waals surface area contributed by atoms with E-state index in [-0.39, 0.29) is 22.7 Å². The lowest BCUT2D eigenvalue weighted by molar-refractivity contribution is -0.115. The van der Waals surface area contributed by atoms with Gasteiger partial charge in [-0.2, -0.15) is 0 Å². The van der Waals surface area contributed by atoms with Crippen LogP contribution < -0.4 is 10.6 Å². The van der Waals surface area contributed by atoms with E-state index >= 15 is 0 Å². The summed E-state index contributed by atoms with van der Waals surface area (Å²) in [4.78, 5) is 13.4. The van der Waals surface area contributed by atoms with Crippen molar-refractivity contribution in [1.29, 1.82) is 0 Å². The molecule has 0 unspecified atom stereocenters. The van der Waals surface area contributed by atoms with E-state index in [1.807, 2.05) is 0 Å². The molecule has 1 fully saturated rings. The van der Waals surface area contributed by atoms with Gasteiger partial charge in [-0.25, -0.2) is 8.78 Å². The normalized spacial score (nSPS) is 18.3. The van der Waals surface area contributed by atoms with E-state index in [4.69, 9.17) is 5.73 Å². The molecule has 0 bridgehead atoms. The number of amides is 1. The van der Waals surface area contributed by atoms with Crippen LogP contribution in [0, 0.1) is 11.6 Å². The zero-order valence-corrected chi connectivity index (χ0v) is 11.7. The average molecular weight is 306 g/mol. The zero-order valence-electron chi connectivity index (χ0n) is 10.9. The van der Waals surface area contributed by atoms with Crippen LogP contribution in [-0.4, -0.2) is 11.7 Å². The van der Waals surface area contributed by atoms with Crippen LogP contribution in [0.15, 0.2) is 42.5 Å². The molecule has 1 aliphatic rings. The van der Waals surface area contributed by atoms with Crippen LogP contribution in [0.3, 0.4) is 0 Å². The second-order valence-corrected chi connectivity index (χ2v) is 5.76. The minimum atomic E-state index is -0.744. The second kappa shape index (κ2) is 5.37. The standard InChI is InChI=1S/C15H12F2N2OS/c16-10-3-6-13(12(17)7-10)19-14(20)8-21-15(19)9-1-4-11(18)5-2-9/h1-7,15H,8,18H2/t15-/m1/s1. The Kier molecular flexibility index (Phi) is 3.55. The summed E-state index contributed by atoms with van der Waals surface area (Å²) in [5, 5.41) is -0.335. The van der Waals surface area contributed by atoms with Gasteiger partial charge in [-0.3, -0.25) is 9.69 Å². The third-order valence-electron chi connectivity index (χ3n) is 3.26. The lowest BCUT2D eigenvalue weighted by atomic mass is 10.1. The van der Waals surface area contributed by atoms with Gasteiger partial charge >= 0.3 is 0 Å². The van der Waals surface area contributed by atoms with Gasteiger partial charge in [0.15, 0.2) is 0 Å². The Hall–Kier alpha value is -2.08. The number of nitrogens with two attached hydrogens (primary N) is 1. The summed E-state index contributed by atoms with van der Waals surface area (Å²) in [5.41, 5.74) is 7.21. The Morgan fingerprint density at radius 2 is 1.86 bits per heavy atom. The van der Waals surface area contributed by atoms with E-state index in [1.165, 1.54) is 22.7 Å². The van der Waals surface area contributed by atoms with Crippen molar-refractivity contribution in [2.45, 2.75) is 5.37 Å². The molecule has 0 aliphatic carbocycles. The van der Waals surface area contributed by atoms with Gasteiger partial charge in [0, 0.05) is 11.8 Å². The number of rotatable bonds is 2. The van der Waals surface area contributed by atoms with E-state index in [9.17, 15) is 13.6 Å². The number of halogens is 2. The van der Waals surface area contributed by atoms with Gasteiger partial charge in [0.25, 0.3) is 0 Å². The molecule has 1 aliphatic heterocycles. The molecule has 0 aromatic heterocycles. The molecule has 1 amide bonds. The number of nitrogens with zero attached hydrogens (tertiary/aromatic N) is 1. The molecule has 2 aromatic carbocycles. The molecule has 2 aromatic rings. The highest BCUT2D eigenvalue weighted by atomic mass is 32.2. The maximum Gasteiger partial charge on any atom is 0.238 e. The Balaban J connectivity index is 2.01. The Labute approximate surface area is 124 Å². The van der Waals surface area contributed by atoms with Crippen LogP contribution in [0.2, 0.25) is 0 Å². The van der Waals surface area contributed by atoms with Crippen LogP contribution in [-0.2, 0) is 4.79 Å². The zero-order chi connectivity index (χ0) is 15.0. The van der Waals surface area contributed by atoms with E-state index in [2.05, 4.69) is 0 Å². The maximum atomic E-state index is 14.0. The van der Waals surface area contributed by atoms with Gasteiger partial charge in [-0.1, -0.05) is 12.1 Å². The van der Waals surface area contributed by atoms with Crippen molar-refractivity contribution in [3.05, 3.63) is 59.7 Å². The van der Waals surface area contributed by atoms with Gasteiger partial charge in [0.2, 0.25) is 5.91 Å². The number of benzene rings is 2. The number of hydrogen-bond donors (Lipinski definition) is 1. The second-order valence-electron chi connectivity index (χ2n) is 4.69. The third-order valence-corrected chi connectivity index (χ3v) is 4.47. The summed E-state index contributed by atoms with van der Waals surface area (Å²) < 4.78 is 27.0. The first kappa shape index (κ1) is 13.9. The van der Waals surface area contributed by atoms with E-state index < -0.39 is 11.6 Å². The minimum absolute atomic E-state index is 0.0909. The molecule has 6 heteroatoms. The van der Waals surface area contributed by atoms with E-state index in [0.29, 0.717) is 5.69 Å². The lowest BCUT2D eigenvalue weighted by Gasteiger charge is -2.24. The highest BCUT2D eigenvalue weighted by Crippen LogP contribution is 2.42. The molecule has 0 saturated carbocycles. The van der Waals surface area contributed by atoms with Crippen LogP contribution in [0.1, 0.15) is 10.9 Å². The molecule has 1 atom stereocenters. The fourth-order valence-electron chi connectivity index (χ4n) is 2.27. The van der Waals surface area contributed by atoms with Crippen molar-refractivity contribution in [3.63, 3.8) is 0 Å². The molecule has 1 heterocycles. The van der Waals surface area contributed by atoms with Gasteiger partial charge in [0.05, 0.1) is 11.4 Å². The number of carbonyl (C=O) groups is 1. The molecule has 0 spiro atoms. The highest BCUT2D eigenvalue weighted by molar-refractivity contribution is 8.00. The summed E-state index contributed by atoms with van der Waals surface area (Å²) in [7, 11) is 0. The largest absolute Gasteiger partial charge is 0.399 e. The molecule has 1 saturated heterocycles. The monoisotopic (exact) mass is 306 g/mol. The Morgan fingerprint density at radius 3 is 2.52 bits per heavy atom. The molecular weight excluding hydrogens is 294 g/mol. The number of hydrogen-bond acceptors (Lipinski definition) is 3. The van der Waals surface area contributed by atoms with Crippen molar-refractivity contribution in [1.82, 2.24) is 0 Å². The summed E-state index contributed by atoms with van der Waals surface area (Å²) in [6.07, 6.45) is 0. The Bertz CT molecular complexity index is 691. The van der Waals surface area contributed by atoms with Crippen molar-refractivity contribution in [2.75, 3.05) is 16.4 Å². The first-order valence-corrected chi connectivity index (χ1v) is 7.35. The highest BCUT2D eigenvalue weighted by Gasteiger charge is 2.35. The molecule has 21 heavy (non-hydrogen) atoms. The predicted molar refractivity (Wildman–Crippen MR) is 79.9 cm³/mol. The SMILES string of the molecule is Nc1ccc([C@H]2SCC(=O)N2c2ccc(F)cc2F)cc1. The third kappa shape index (κ3) is 2.58. The lowest BCUT2D eigenvalue weighted by Crippen LogP contribution is -2.28. The minimum Gasteiger partial charge on any atom is -0.399 e. The van der Waals surface area contributed by atoms with Crippen molar-refractivity contribution < 1.29 is 13.6 Å². The van der Waals surface area contributed by atoms with Crippen molar-refractivity contribution in [2.24, 2.45) is 0 Å².